The number of carbonyl (C=O) groups is 1. The van der Waals surface area contributed by atoms with E-state index in [1.807, 2.05) is 12.1 Å². The number of halogens is 1. The van der Waals surface area contributed by atoms with Crippen molar-refractivity contribution in [2.75, 3.05) is 12.4 Å². The lowest BCUT2D eigenvalue weighted by Gasteiger charge is -2.26. The molecule has 1 aliphatic rings. The fourth-order valence-corrected chi connectivity index (χ4v) is 3.17. The van der Waals surface area contributed by atoms with Crippen LogP contribution in [0.4, 0.5) is 10.5 Å². The molecule has 2 N–H and O–H groups in total. The van der Waals surface area contributed by atoms with Crippen molar-refractivity contribution in [3.63, 3.8) is 0 Å². The number of hydrogen-bond acceptors (Lipinski definition) is 2. The molecule has 2 aromatic carbocycles. The van der Waals surface area contributed by atoms with Crippen molar-refractivity contribution >= 4 is 23.3 Å². The van der Waals surface area contributed by atoms with Gasteiger partial charge in [-0.3, -0.25) is 0 Å². The van der Waals surface area contributed by atoms with Crippen molar-refractivity contribution in [1.29, 1.82) is 0 Å². The van der Waals surface area contributed by atoms with Crippen LogP contribution in [0, 0.1) is 0 Å². The average molecular weight is 331 g/mol. The van der Waals surface area contributed by atoms with Crippen LogP contribution in [-0.4, -0.2) is 13.1 Å². The predicted molar refractivity (Wildman–Crippen MR) is 92.3 cm³/mol. The summed E-state index contributed by atoms with van der Waals surface area (Å²) in [7, 11) is 1.56. The summed E-state index contributed by atoms with van der Waals surface area (Å²) in [5.74, 6) is 0.577. The molecule has 0 saturated carbocycles. The van der Waals surface area contributed by atoms with Crippen LogP contribution in [-0.2, 0) is 6.42 Å². The first-order chi connectivity index (χ1) is 11.2. The van der Waals surface area contributed by atoms with Crippen molar-refractivity contribution in [3.05, 3.63) is 58.6 Å². The molecule has 2 amide bonds. The van der Waals surface area contributed by atoms with E-state index in [-0.39, 0.29) is 12.1 Å². The van der Waals surface area contributed by atoms with E-state index in [1.54, 1.807) is 25.3 Å². The molecule has 0 spiro atoms. The summed E-state index contributed by atoms with van der Waals surface area (Å²) in [5, 5.41) is 6.41. The topological polar surface area (TPSA) is 50.4 Å². The fraction of sp³-hybridized carbons (Fsp3) is 0.278. The third-order valence-electron chi connectivity index (χ3n) is 4.08. The predicted octanol–water partition coefficient (Wildman–Crippen LogP) is 4.55. The van der Waals surface area contributed by atoms with Gasteiger partial charge < -0.3 is 15.4 Å². The maximum absolute atomic E-state index is 12.3. The van der Waals surface area contributed by atoms with E-state index in [0.717, 1.165) is 19.3 Å². The van der Waals surface area contributed by atoms with Gasteiger partial charge in [0, 0.05) is 5.02 Å². The number of anilines is 1. The molecule has 0 radical (unpaired) electrons. The second-order valence-corrected chi connectivity index (χ2v) is 6.02. The van der Waals surface area contributed by atoms with Crippen LogP contribution >= 0.6 is 11.6 Å². The minimum atomic E-state index is -0.257. The molecule has 0 heterocycles. The Labute approximate surface area is 140 Å². The van der Waals surface area contributed by atoms with Gasteiger partial charge in [0.1, 0.15) is 5.75 Å². The summed E-state index contributed by atoms with van der Waals surface area (Å²) < 4.78 is 5.25. The first kappa shape index (κ1) is 15.7. The molecular weight excluding hydrogens is 312 g/mol. The Morgan fingerprint density at radius 2 is 2.09 bits per heavy atom. The van der Waals surface area contributed by atoms with E-state index in [2.05, 4.69) is 22.8 Å². The lowest BCUT2D eigenvalue weighted by atomic mass is 9.88. The Morgan fingerprint density at radius 1 is 1.26 bits per heavy atom. The minimum absolute atomic E-state index is 0.0325. The Kier molecular flexibility index (Phi) is 4.72. The van der Waals surface area contributed by atoms with Gasteiger partial charge in [0.2, 0.25) is 0 Å². The van der Waals surface area contributed by atoms with Crippen LogP contribution in [0.2, 0.25) is 5.02 Å². The van der Waals surface area contributed by atoms with Crippen LogP contribution < -0.4 is 15.4 Å². The molecule has 2 aromatic rings. The molecule has 3 rings (SSSR count). The van der Waals surface area contributed by atoms with Crippen LogP contribution in [0.1, 0.15) is 30.0 Å². The molecule has 0 aliphatic heterocycles. The second kappa shape index (κ2) is 6.92. The van der Waals surface area contributed by atoms with Gasteiger partial charge in [-0.15, -0.1) is 0 Å². The molecule has 5 heteroatoms. The Balaban J connectivity index is 1.73. The molecule has 0 bridgehead atoms. The summed E-state index contributed by atoms with van der Waals surface area (Å²) in [4.78, 5) is 12.3. The van der Waals surface area contributed by atoms with Crippen LogP contribution in [0.3, 0.4) is 0 Å². The highest BCUT2D eigenvalue weighted by molar-refractivity contribution is 6.31. The smallest absolute Gasteiger partial charge is 0.319 e. The number of aryl methyl sites for hydroxylation is 1. The Hall–Kier alpha value is -2.20. The third kappa shape index (κ3) is 3.59. The van der Waals surface area contributed by atoms with Gasteiger partial charge in [-0.25, -0.2) is 4.79 Å². The number of nitrogens with one attached hydrogen (secondary N) is 2. The molecule has 23 heavy (non-hydrogen) atoms. The zero-order chi connectivity index (χ0) is 16.2. The second-order valence-electron chi connectivity index (χ2n) is 5.59. The van der Waals surface area contributed by atoms with E-state index in [9.17, 15) is 4.79 Å². The number of ether oxygens (including phenoxy) is 1. The van der Waals surface area contributed by atoms with Gasteiger partial charge in [0.05, 0.1) is 18.8 Å². The van der Waals surface area contributed by atoms with Crippen molar-refractivity contribution in [1.82, 2.24) is 5.32 Å². The van der Waals surface area contributed by atoms with Crippen LogP contribution in [0.25, 0.3) is 0 Å². The van der Waals surface area contributed by atoms with E-state index >= 15 is 0 Å². The molecular formula is C18H19ClN2O2. The van der Waals surface area contributed by atoms with Gasteiger partial charge in [0.25, 0.3) is 0 Å². The first-order valence-corrected chi connectivity index (χ1v) is 8.04. The van der Waals surface area contributed by atoms with Gasteiger partial charge in [0.15, 0.2) is 0 Å². The molecule has 1 atom stereocenters. The summed E-state index contributed by atoms with van der Waals surface area (Å²) in [6.45, 7) is 0. The van der Waals surface area contributed by atoms with Gasteiger partial charge >= 0.3 is 6.03 Å². The van der Waals surface area contributed by atoms with Crippen LogP contribution in [0.15, 0.2) is 42.5 Å². The van der Waals surface area contributed by atoms with Crippen LogP contribution in [0.5, 0.6) is 5.75 Å². The number of hydrogen-bond donors (Lipinski definition) is 2. The zero-order valence-electron chi connectivity index (χ0n) is 12.9. The number of methoxy groups -OCH3 is 1. The number of fused-ring (bicyclic) bond motifs is 1. The molecule has 120 valence electrons. The van der Waals surface area contributed by atoms with E-state index in [4.69, 9.17) is 16.3 Å². The van der Waals surface area contributed by atoms with Crippen molar-refractivity contribution in [2.45, 2.75) is 25.3 Å². The van der Waals surface area contributed by atoms with E-state index < -0.39 is 0 Å². The maximum Gasteiger partial charge on any atom is 0.319 e. The highest BCUT2D eigenvalue weighted by Crippen LogP contribution is 2.30. The normalized spacial score (nSPS) is 16.3. The maximum atomic E-state index is 12.3. The SMILES string of the molecule is COc1ccc(Cl)cc1NC(=O)N[C@H]1CCCc2ccccc21. The average Bonchev–Trinajstić information content (AvgIpc) is 2.55. The van der Waals surface area contributed by atoms with E-state index in [1.165, 1.54) is 11.1 Å². The standard InChI is InChI=1S/C18H19ClN2O2/c1-23-17-10-9-13(19)11-16(17)21-18(22)20-15-8-4-6-12-5-2-3-7-14(12)15/h2-3,5,7,9-11,15H,4,6,8H2,1H3,(H2,20,21,22)/t15-/m0/s1. The summed E-state index contributed by atoms with van der Waals surface area (Å²) in [6.07, 6.45) is 3.08. The molecule has 0 aromatic heterocycles. The molecule has 4 nitrogen and oxygen atoms in total. The van der Waals surface area contributed by atoms with Crippen molar-refractivity contribution in [2.24, 2.45) is 0 Å². The van der Waals surface area contributed by atoms with Crippen molar-refractivity contribution < 1.29 is 9.53 Å². The highest BCUT2D eigenvalue weighted by atomic mass is 35.5. The number of benzene rings is 2. The number of amides is 2. The van der Waals surface area contributed by atoms with Gasteiger partial charge in [-0.2, -0.15) is 0 Å². The highest BCUT2D eigenvalue weighted by Gasteiger charge is 2.21. The largest absolute Gasteiger partial charge is 0.495 e. The first-order valence-electron chi connectivity index (χ1n) is 7.66. The molecule has 1 aliphatic carbocycles. The van der Waals surface area contributed by atoms with Gasteiger partial charge in [-0.05, 0) is 48.6 Å². The third-order valence-corrected chi connectivity index (χ3v) is 4.32. The lowest BCUT2D eigenvalue weighted by molar-refractivity contribution is 0.247. The summed E-state index contributed by atoms with van der Waals surface area (Å²) in [5.41, 5.74) is 3.07. The fourth-order valence-electron chi connectivity index (χ4n) is 3.00. The Morgan fingerprint density at radius 3 is 2.91 bits per heavy atom. The number of rotatable bonds is 3. The molecule has 0 saturated heterocycles. The van der Waals surface area contributed by atoms with Gasteiger partial charge in [-0.1, -0.05) is 35.9 Å². The zero-order valence-corrected chi connectivity index (χ0v) is 13.7. The minimum Gasteiger partial charge on any atom is -0.495 e. The lowest BCUT2D eigenvalue weighted by Crippen LogP contribution is -2.34. The summed E-state index contributed by atoms with van der Waals surface area (Å²) in [6, 6.07) is 13.2. The molecule has 0 unspecified atom stereocenters. The molecule has 0 fully saturated rings. The quantitative estimate of drug-likeness (QED) is 0.867. The van der Waals surface area contributed by atoms with Crippen molar-refractivity contribution in [3.8, 4) is 5.75 Å². The summed E-state index contributed by atoms with van der Waals surface area (Å²) >= 11 is 5.99. The Bertz CT molecular complexity index is 718. The number of carbonyl (C=O) groups excluding carboxylic acids is 1. The monoisotopic (exact) mass is 330 g/mol. The van der Waals surface area contributed by atoms with E-state index in [0.29, 0.717) is 16.5 Å². The number of urea groups is 1.